The van der Waals surface area contributed by atoms with Crippen molar-refractivity contribution in [3.8, 4) is 0 Å². The number of rotatable bonds is 3. The second-order valence-electron chi connectivity index (χ2n) is 4.64. The summed E-state index contributed by atoms with van der Waals surface area (Å²) in [6.45, 7) is 0. The first-order valence-corrected chi connectivity index (χ1v) is 6.11. The lowest BCUT2D eigenvalue weighted by Gasteiger charge is -2.11. The van der Waals surface area contributed by atoms with E-state index < -0.39 is 6.10 Å². The number of fused-ring (bicyclic) bond motifs is 1. The summed E-state index contributed by atoms with van der Waals surface area (Å²) < 4.78 is 0. The Morgan fingerprint density at radius 1 is 1.29 bits per heavy atom. The molecule has 0 bridgehead atoms. The van der Waals surface area contributed by atoms with Gasteiger partial charge < -0.3 is 10.1 Å². The molecule has 1 aromatic heterocycles. The summed E-state index contributed by atoms with van der Waals surface area (Å²) in [7, 11) is 0. The normalized spacial score (nSPS) is 15.8. The van der Waals surface area contributed by atoms with Crippen LogP contribution in [0.4, 0.5) is 0 Å². The van der Waals surface area contributed by atoms with E-state index in [0.29, 0.717) is 6.42 Å². The lowest BCUT2D eigenvalue weighted by molar-refractivity contribution is 0.176. The van der Waals surface area contributed by atoms with E-state index in [4.69, 9.17) is 0 Å². The summed E-state index contributed by atoms with van der Waals surface area (Å²) in [6, 6.07) is 6.34. The van der Waals surface area contributed by atoms with Gasteiger partial charge in [0.05, 0.1) is 6.10 Å². The third-order valence-electron chi connectivity index (χ3n) is 3.45. The minimum Gasteiger partial charge on any atom is -0.388 e. The Balaban J connectivity index is 1.79. The van der Waals surface area contributed by atoms with Gasteiger partial charge >= 0.3 is 0 Å². The lowest BCUT2D eigenvalue weighted by Crippen LogP contribution is -2.04. The monoisotopic (exact) mass is 228 g/mol. The van der Waals surface area contributed by atoms with Crippen molar-refractivity contribution in [1.29, 1.82) is 0 Å². The van der Waals surface area contributed by atoms with Crippen molar-refractivity contribution in [2.24, 2.45) is 0 Å². The van der Waals surface area contributed by atoms with Crippen LogP contribution in [0.3, 0.4) is 0 Å². The number of nitrogens with zero attached hydrogens (tertiary/aromatic N) is 1. The van der Waals surface area contributed by atoms with Crippen LogP contribution in [0.2, 0.25) is 0 Å². The van der Waals surface area contributed by atoms with E-state index in [1.807, 2.05) is 6.07 Å². The van der Waals surface area contributed by atoms with Gasteiger partial charge in [0, 0.05) is 18.8 Å². The highest BCUT2D eigenvalue weighted by atomic mass is 16.3. The minimum absolute atomic E-state index is 0.466. The molecule has 2 N–H and O–H groups in total. The van der Waals surface area contributed by atoms with E-state index in [0.717, 1.165) is 17.8 Å². The number of hydrogen-bond donors (Lipinski definition) is 2. The van der Waals surface area contributed by atoms with Gasteiger partial charge in [-0.2, -0.15) is 0 Å². The number of aliphatic hydroxyl groups excluding tert-OH is 1. The van der Waals surface area contributed by atoms with Crippen LogP contribution in [0.25, 0.3) is 0 Å². The van der Waals surface area contributed by atoms with Crippen LogP contribution in [0.5, 0.6) is 0 Å². The zero-order valence-electron chi connectivity index (χ0n) is 9.69. The highest BCUT2D eigenvalue weighted by Gasteiger charge is 2.15. The number of hydrogen-bond acceptors (Lipinski definition) is 2. The number of aliphatic hydroxyl groups is 1. The summed E-state index contributed by atoms with van der Waals surface area (Å²) in [4.78, 5) is 7.16. The van der Waals surface area contributed by atoms with Crippen LogP contribution < -0.4 is 0 Å². The summed E-state index contributed by atoms with van der Waals surface area (Å²) in [5, 5.41) is 10.2. The van der Waals surface area contributed by atoms with Gasteiger partial charge in [-0.1, -0.05) is 18.2 Å². The van der Waals surface area contributed by atoms with Crippen molar-refractivity contribution >= 4 is 0 Å². The van der Waals surface area contributed by atoms with E-state index in [2.05, 4.69) is 22.1 Å². The Hall–Kier alpha value is -1.61. The molecule has 0 fully saturated rings. The lowest BCUT2D eigenvalue weighted by atomic mass is 10.0. The molecule has 0 spiro atoms. The molecule has 0 saturated heterocycles. The first kappa shape index (κ1) is 10.5. The average molecular weight is 228 g/mol. The molecule has 1 aliphatic carbocycles. The van der Waals surface area contributed by atoms with Gasteiger partial charge in [0.25, 0.3) is 0 Å². The Morgan fingerprint density at radius 2 is 2.18 bits per heavy atom. The fourth-order valence-corrected chi connectivity index (χ4v) is 2.51. The van der Waals surface area contributed by atoms with E-state index in [1.165, 1.54) is 24.0 Å². The Labute approximate surface area is 101 Å². The second-order valence-corrected chi connectivity index (χ2v) is 4.64. The Bertz CT molecular complexity index is 505. The zero-order chi connectivity index (χ0) is 11.7. The smallest absolute Gasteiger partial charge is 0.108 e. The third-order valence-corrected chi connectivity index (χ3v) is 3.45. The largest absolute Gasteiger partial charge is 0.388 e. The van der Waals surface area contributed by atoms with E-state index in [9.17, 15) is 5.11 Å². The highest BCUT2D eigenvalue weighted by molar-refractivity contribution is 5.36. The topological polar surface area (TPSA) is 48.9 Å². The second kappa shape index (κ2) is 4.34. The van der Waals surface area contributed by atoms with Gasteiger partial charge in [-0.15, -0.1) is 0 Å². The first-order valence-electron chi connectivity index (χ1n) is 6.11. The molecule has 2 aromatic rings. The summed E-state index contributed by atoms with van der Waals surface area (Å²) in [6.07, 6.45) is 7.15. The molecule has 1 unspecified atom stereocenters. The number of nitrogens with one attached hydrogen (secondary N) is 1. The fourth-order valence-electron chi connectivity index (χ4n) is 2.51. The van der Waals surface area contributed by atoms with Crippen LogP contribution in [0, 0.1) is 0 Å². The van der Waals surface area contributed by atoms with E-state index >= 15 is 0 Å². The summed E-state index contributed by atoms with van der Waals surface area (Å²) in [5.41, 5.74) is 3.85. The minimum atomic E-state index is -0.466. The molecule has 1 heterocycles. The maximum Gasteiger partial charge on any atom is 0.108 e. The molecule has 1 atom stereocenters. The molecule has 0 amide bonds. The predicted octanol–water partition coefficient (Wildman–Crippen LogP) is 2.17. The number of aryl methyl sites for hydroxylation is 2. The van der Waals surface area contributed by atoms with Crippen molar-refractivity contribution in [3.05, 3.63) is 53.1 Å². The van der Waals surface area contributed by atoms with Crippen molar-refractivity contribution in [2.45, 2.75) is 31.8 Å². The Morgan fingerprint density at radius 3 is 3.00 bits per heavy atom. The third kappa shape index (κ3) is 2.11. The molecule has 0 radical (unpaired) electrons. The molecular formula is C14H16N2O. The standard InChI is InChI=1S/C14H16N2O/c17-13(9-14-15-6-7-16-14)12-5-4-10-2-1-3-11(10)8-12/h4-8,13,17H,1-3,9H2,(H,15,16). The SMILES string of the molecule is OC(Cc1ncc[nH]1)c1ccc2c(c1)CCC2. The van der Waals surface area contributed by atoms with Crippen LogP contribution in [0.15, 0.2) is 30.6 Å². The van der Waals surface area contributed by atoms with Crippen LogP contribution in [-0.2, 0) is 19.3 Å². The molecule has 88 valence electrons. The molecule has 3 heteroatoms. The maximum absolute atomic E-state index is 10.2. The zero-order valence-corrected chi connectivity index (χ0v) is 9.69. The van der Waals surface area contributed by atoms with Crippen LogP contribution in [-0.4, -0.2) is 15.1 Å². The van der Waals surface area contributed by atoms with Crippen molar-refractivity contribution in [1.82, 2.24) is 9.97 Å². The fraction of sp³-hybridized carbons (Fsp3) is 0.357. The molecule has 1 aromatic carbocycles. The maximum atomic E-state index is 10.2. The van der Waals surface area contributed by atoms with E-state index in [1.54, 1.807) is 12.4 Å². The van der Waals surface area contributed by atoms with Crippen molar-refractivity contribution in [3.63, 3.8) is 0 Å². The number of H-pyrrole nitrogens is 1. The first-order chi connectivity index (χ1) is 8.33. The van der Waals surface area contributed by atoms with Crippen LogP contribution in [0.1, 0.15) is 35.0 Å². The molecule has 17 heavy (non-hydrogen) atoms. The van der Waals surface area contributed by atoms with Gasteiger partial charge in [-0.25, -0.2) is 4.98 Å². The van der Waals surface area contributed by atoms with Gasteiger partial charge in [-0.05, 0) is 36.0 Å². The summed E-state index contributed by atoms with van der Waals surface area (Å²) >= 11 is 0. The molecule has 0 saturated carbocycles. The average Bonchev–Trinajstić information content (AvgIpc) is 2.97. The number of aromatic amines is 1. The van der Waals surface area contributed by atoms with Gasteiger partial charge in [0.2, 0.25) is 0 Å². The quantitative estimate of drug-likeness (QED) is 0.846. The molecule has 3 nitrogen and oxygen atoms in total. The number of benzene rings is 1. The molecule has 1 aliphatic rings. The summed E-state index contributed by atoms with van der Waals surface area (Å²) in [5.74, 6) is 0.831. The predicted molar refractivity (Wildman–Crippen MR) is 65.7 cm³/mol. The Kier molecular flexibility index (Phi) is 2.69. The molecular weight excluding hydrogens is 212 g/mol. The van der Waals surface area contributed by atoms with E-state index in [-0.39, 0.29) is 0 Å². The van der Waals surface area contributed by atoms with Gasteiger partial charge in [0.1, 0.15) is 5.82 Å². The number of imidazole rings is 1. The molecule has 0 aliphatic heterocycles. The molecule has 3 rings (SSSR count). The van der Waals surface area contributed by atoms with Crippen molar-refractivity contribution in [2.75, 3.05) is 0 Å². The van der Waals surface area contributed by atoms with Gasteiger partial charge in [0.15, 0.2) is 0 Å². The van der Waals surface area contributed by atoms with Gasteiger partial charge in [-0.3, -0.25) is 0 Å². The number of aromatic nitrogens is 2. The van der Waals surface area contributed by atoms with Crippen molar-refractivity contribution < 1.29 is 5.11 Å². The van der Waals surface area contributed by atoms with Crippen LogP contribution >= 0.6 is 0 Å². The highest BCUT2D eigenvalue weighted by Crippen LogP contribution is 2.26.